The van der Waals surface area contributed by atoms with Gasteiger partial charge >= 0.3 is 5.97 Å². The molecular weight excluding hydrogens is 514 g/mol. The van der Waals surface area contributed by atoms with E-state index in [1.54, 1.807) is 0 Å². The van der Waals surface area contributed by atoms with Gasteiger partial charge in [-0.3, -0.25) is 9.35 Å². The van der Waals surface area contributed by atoms with Crippen LogP contribution in [0.4, 0.5) is 0 Å². The molecule has 4 aliphatic carbocycles. The van der Waals surface area contributed by atoms with Crippen LogP contribution < -0.4 is 5.73 Å². The van der Waals surface area contributed by atoms with Crippen LogP contribution in [0.15, 0.2) is 0 Å². The Labute approximate surface area is 225 Å². The number of carboxylic acids is 1. The quantitative estimate of drug-likeness (QED) is 0.188. The van der Waals surface area contributed by atoms with Gasteiger partial charge in [0, 0.05) is 6.42 Å². The highest BCUT2D eigenvalue weighted by molar-refractivity contribution is 7.85. The van der Waals surface area contributed by atoms with Gasteiger partial charge in [-0.2, -0.15) is 8.42 Å². The van der Waals surface area contributed by atoms with Gasteiger partial charge in [0.2, 0.25) is 0 Å². The van der Waals surface area contributed by atoms with Crippen LogP contribution in [0.2, 0.25) is 0 Å². The smallest absolute Gasteiger partial charge is 0.332 e. The van der Waals surface area contributed by atoms with Crippen LogP contribution in [-0.2, 0) is 19.7 Å². The molecule has 0 saturated heterocycles. The van der Waals surface area contributed by atoms with Crippen LogP contribution in [-0.4, -0.2) is 74.8 Å². The van der Waals surface area contributed by atoms with Crippen LogP contribution in [0.1, 0.15) is 78.6 Å². The van der Waals surface area contributed by atoms with Crippen molar-refractivity contribution in [2.75, 3.05) is 5.75 Å². The Morgan fingerprint density at radius 1 is 1.05 bits per heavy atom. The van der Waals surface area contributed by atoms with Crippen molar-refractivity contribution in [1.29, 1.82) is 0 Å². The van der Waals surface area contributed by atoms with E-state index in [1.807, 2.05) is 6.92 Å². The lowest BCUT2D eigenvalue weighted by Crippen LogP contribution is -2.62. The summed E-state index contributed by atoms with van der Waals surface area (Å²) in [6.45, 7) is 6.32. The van der Waals surface area contributed by atoms with E-state index >= 15 is 0 Å². The van der Waals surface area contributed by atoms with Crippen LogP contribution in [0.5, 0.6) is 0 Å². The minimum atomic E-state index is -4.79. The largest absolute Gasteiger partial charge is 0.480 e. The average Bonchev–Trinajstić information content (AvgIpc) is 3.16. The van der Waals surface area contributed by atoms with Crippen LogP contribution >= 0.6 is 0 Å². The van der Waals surface area contributed by atoms with E-state index in [1.165, 1.54) is 0 Å². The number of aliphatic hydroxyl groups excluding tert-OH is 3. The van der Waals surface area contributed by atoms with Crippen molar-refractivity contribution in [2.24, 2.45) is 52.1 Å². The molecule has 0 spiro atoms. The second-order valence-corrected chi connectivity index (χ2v) is 14.9. The first kappa shape index (κ1) is 29.9. The normalized spacial score (nSPS) is 45.3. The molecule has 0 heterocycles. The van der Waals surface area contributed by atoms with Gasteiger partial charge in [-0.05, 0) is 97.7 Å². The fourth-order valence-corrected chi connectivity index (χ4v) is 10.3. The summed E-state index contributed by atoms with van der Waals surface area (Å²) >= 11 is 0. The number of hydrogen-bond acceptors (Lipinski definition) is 8. The lowest BCUT2D eigenvalue weighted by atomic mass is 9.43. The lowest BCUT2D eigenvalue weighted by molar-refractivity contribution is -0.207. The highest BCUT2D eigenvalue weighted by Gasteiger charge is 2.65. The summed E-state index contributed by atoms with van der Waals surface area (Å²) in [5.74, 6) is -3.65. The van der Waals surface area contributed by atoms with E-state index in [0.29, 0.717) is 19.3 Å². The highest BCUT2D eigenvalue weighted by atomic mass is 32.2. The van der Waals surface area contributed by atoms with E-state index in [4.69, 9.17) is 10.3 Å². The summed E-state index contributed by atoms with van der Waals surface area (Å²) in [5.41, 5.74) is 2.42. The molecule has 0 aliphatic heterocycles. The molecule has 4 rings (SSSR count). The molecular formula is C27H45NO9S. The molecule has 4 fully saturated rings. The number of hydrogen-bond donors (Lipinski definition) is 6. The highest BCUT2D eigenvalue weighted by Crippen LogP contribution is 2.68. The van der Waals surface area contributed by atoms with Gasteiger partial charge in [0.25, 0.3) is 10.1 Å². The molecule has 12 atom stereocenters. The molecule has 0 amide bonds. The average molecular weight is 560 g/mol. The maximum absolute atomic E-state index is 12.8. The van der Waals surface area contributed by atoms with Gasteiger partial charge in [-0.25, -0.2) is 4.79 Å². The molecule has 12 unspecified atom stereocenters. The van der Waals surface area contributed by atoms with Crippen molar-refractivity contribution in [1.82, 2.24) is 0 Å². The predicted molar refractivity (Wildman–Crippen MR) is 138 cm³/mol. The fraction of sp³-hybridized carbons (Fsp3) is 0.926. The van der Waals surface area contributed by atoms with Gasteiger partial charge in [-0.15, -0.1) is 0 Å². The molecule has 0 radical (unpaired) electrons. The third-order valence-corrected chi connectivity index (χ3v) is 12.5. The number of carbonyl (C=O) groups is 2. The van der Waals surface area contributed by atoms with Crippen LogP contribution in [0.3, 0.4) is 0 Å². The van der Waals surface area contributed by atoms with Crippen molar-refractivity contribution in [3.05, 3.63) is 0 Å². The van der Waals surface area contributed by atoms with Crippen molar-refractivity contribution in [3.63, 3.8) is 0 Å². The van der Waals surface area contributed by atoms with Crippen molar-refractivity contribution < 1.29 is 43.0 Å². The zero-order chi connectivity index (χ0) is 28.4. The second-order valence-electron chi connectivity index (χ2n) is 13.5. The van der Waals surface area contributed by atoms with Crippen LogP contribution in [0, 0.1) is 46.3 Å². The van der Waals surface area contributed by atoms with E-state index < -0.39 is 50.8 Å². The zero-order valence-electron chi connectivity index (χ0n) is 22.6. The number of rotatable bonds is 8. The van der Waals surface area contributed by atoms with Crippen molar-refractivity contribution in [2.45, 2.75) is 102 Å². The summed E-state index contributed by atoms with van der Waals surface area (Å²) in [6, 6.07) is 0. The van der Waals surface area contributed by atoms with Gasteiger partial charge in [-0.1, -0.05) is 20.8 Å². The molecule has 10 nitrogen and oxygen atoms in total. The molecule has 0 aromatic heterocycles. The van der Waals surface area contributed by atoms with Gasteiger partial charge < -0.3 is 26.2 Å². The zero-order valence-corrected chi connectivity index (χ0v) is 23.4. The number of aliphatic hydroxyl groups is 3. The van der Waals surface area contributed by atoms with E-state index in [0.717, 1.165) is 25.7 Å². The molecule has 0 aromatic rings. The Balaban J connectivity index is 1.51. The number of Topliss-reactive ketones (excluding diaryl/α,β-unsaturated/α-hetero) is 1. The number of aliphatic carboxylic acids is 1. The third kappa shape index (κ3) is 4.85. The molecule has 7 N–H and O–H groups in total. The molecule has 4 aliphatic rings. The Hall–Kier alpha value is -1.11. The molecule has 11 heteroatoms. The van der Waals surface area contributed by atoms with Crippen molar-refractivity contribution in [3.8, 4) is 0 Å². The summed E-state index contributed by atoms with van der Waals surface area (Å²) in [6.07, 6.45) is 3.80. The number of carboxylic acid groups (broad SMARTS) is 1. The maximum atomic E-state index is 12.8. The lowest BCUT2D eigenvalue weighted by Gasteiger charge is -2.63. The minimum absolute atomic E-state index is 0.0285. The van der Waals surface area contributed by atoms with E-state index in [9.17, 15) is 38.4 Å². The SMILES string of the molecule is CC(CCC(=O)C(N)(CS(=O)(=O)O)C(=O)O)C1CCC2C3C(O)CC4CC(O)CCC4(C)C3CC(O)C12C. The first-order valence-corrected chi connectivity index (χ1v) is 15.6. The van der Waals surface area contributed by atoms with Gasteiger partial charge in [0.05, 0.1) is 18.3 Å². The van der Waals surface area contributed by atoms with Gasteiger partial charge in [0.15, 0.2) is 11.3 Å². The first-order chi connectivity index (χ1) is 17.4. The standard InChI is InChI=1S/C27H45NO9S/c1-14(4-7-21(31)27(28,24(33)34)13-38(35,36)37)17-5-6-18-23-19(12-22(32)26(17,18)3)25(2)9-8-16(29)10-15(25)11-20(23)30/h14-20,22-23,29-30,32H,4-13,28H2,1-3H3,(H,33,34)(H,35,36,37). The summed E-state index contributed by atoms with van der Waals surface area (Å²) < 4.78 is 31.7. The second kappa shape index (κ2) is 10.1. The predicted octanol–water partition coefficient (Wildman–Crippen LogP) is 1.60. The topological polar surface area (TPSA) is 195 Å². The number of carbonyl (C=O) groups excluding carboxylic acids is 1. The molecule has 38 heavy (non-hydrogen) atoms. The van der Waals surface area contributed by atoms with Gasteiger partial charge in [0.1, 0.15) is 5.75 Å². The molecule has 0 bridgehead atoms. The Kier molecular flexibility index (Phi) is 7.91. The van der Waals surface area contributed by atoms with Crippen LogP contribution in [0.25, 0.3) is 0 Å². The Morgan fingerprint density at radius 2 is 1.71 bits per heavy atom. The molecule has 0 aromatic carbocycles. The number of ketones is 1. The van der Waals surface area contributed by atoms with Crippen molar-refractivity contribution >= 4 is 21.9 Å². The number of nitrogens with two attached hydrogens (primary N) is 1. The summed E-state index contributed by atoms with van der Waals surface area (Å²) in [5, 5.41) is 42.7. The fourth-order valence-electron chi connectivity index (χ4n) is 9.46. The van der Waals surface area contributed by atoms with E-state index in [-0.39, 0.29) is 59.9 Å². The minimum Gasteiger partial charge on any atom is -0.480 e. The maximum Gasteiger partial charge on any atom is 0.332 e. The molecule has 4 saturated carbocycles. The Morgan fingerprint density at radius 3 is 2.32 bits per heavy atom. The monoisotopic (exact) mass is 559 g/mol. The third-order valence-electron chi connectivity index (χ3n) is 11.6. The molecule has 218 valence electrons. The summed E-state index contributed by atoms with van der Waals surface area (Å²) in [4.78, 5) is 24.4. The first-order valence-electron chi connectivity index (χ1n) is 14.0. The Bertz CT molecular complexity index is 1050. The summed E-state index contributed by atoms with van der Waals surface area (Å²) in [7, 11) is -4.79. The number of fused-ring (bicyclic) bond motifs is 5. The van der Waals surface area contributed by atoms with E-state index in [2.05, 4.69) is 13.8 Å².